The molecule has 0 spiro atoms. The van der Waals surface area contributed by atoms with Gasteiger partial charge in [-0.15, -0.1) is 5.10 Å². The predicted molar refractivity (Wildman–Crippen MR) is 73.0 cm³/mol. The third-order valence-electron chi connectivity index (χ3n) is 2.70. The van der Waals surface area contributed by atoms with Crippen LogP contribution in [0.1, 0.15) is 13.8 Å². The Labute approximate surface area is 114 Å². The quantitative estimate of drug-likeness (QED) is 0.775. The van der Waals surface area contributed by atoms with Crippen molar-refractivity contribution in [1.82, 2.24) is 25.0 Å². The standard InChI is InChI=1S/C13H13N5O2/c1-8(2)20-10-5-3-9(4-6-10)18-12-11(16-17-18)13(19)15-7-14-12/h3-8H,1-2H3,(H,14,15,19). The van der Waals surface area contributed by atoms with Gasteiger partial charge < -0.3 is 9.72 Å². The maximum atomic E-state index is 11.6. The summed E-state index contributed by atoms with van der Waals surface area (Å²) >= 11 is 0. The van der Waals surface area contributed by atoms with Gasteiger partial charge in [0.15, 0.2) is 11.2 Å². The highest BCUT2D eigenvalue weighted by molar-refractivity contribution is 5.69. The average Bonchev–Trinajstić information content (AvgIpc) is 2.84. The fraction of sp³-hybridized carbons (Fsp3) is 0.231. The van der Waals surface area contributed by atoms with Crippen LogP contribution in [0.2, 0.25) is 0 Å². The van der Waals surface area contributed by atoms with Gasteiger partial charge >= 0.3 is 0 Å². The number of benzene rings is 1. The Morgan fingerprint density at radius 1 is 1.25 bits per heavy atom. The zero-order valence-electron chi connectivity index (χ0n) is 11.1. The second kappa shape index (κ2) is 4.76. The van der Waals surface area contributed by atoms with Crippen molar-refractivity contribution < 1.29 is 4.74 Å². The van der Waals surface area contributed by atoms with Gasteiger partial charge in [-0.25, -0.2) is 4.98 Å². The van der Waals surface area contributed by atoms with Crippen molar-refractivity contribution in [2.45, 2.75) is 20.0 Å². The van der Waals surface area contributed by atoms with Gasteiger partial charge in [-0.05, 0) is 38.1 Å². The number of rotatable bonds is 3. The number of hydrogen-bond donors (Lipinski definition) is 1. The van der Waals surface area contributed by atoms with E-state index in [2.05, 4.69) is 20.3 Å². The number of aromatic amines is 1. The van der Waals surface area contributed by atoms with Gasteiger partial charge in [-0.1, -0.05) is 5.21 Å². The summed E-state index contributed by atoms with van der Waals surface area (Å²) in [6, 6.07) is 7.37. The van der Waals surface area contributed by atoms with Gasteiger partial charge in [0, 0.05) is 0 Å². The van der Waals surface area contributed by atoms with E-state index in [1.807, 2.05) is 38.1 Å². The van der Waals surface area contributed by atoms with E-state index in [0.29, 0.717) is 5.65 Å². The summed E-state index contributed by atoms with van der Waals surface area (Å²) < 4.78 is 7.09. The molecular weight excluding hydrogens is 258 g/mol. The number of nitrogens with zero attached hydrogens (tertiary/aromatic N) is 4. The lowest BCUT2D eigenvalue weighted by Gasteiger charge is -2.09. The van der Waals surface area contributed by atoms with E-state index in [9.17, 15) is 4.79 Å². The Morgan fingerprint density at radius 3 is 2.70 bits per heavy atom. The van der Waals surface area contributed by atoms with Crippen molar-refractivity contribution in [3.05, 3.63) is 40.9 Å². The second-order valence-corrected chi connectivity index (χ2v) is 4.57. The van der Waals surface area contributed by atoms with Crippen molar-refractivity contribution in [3.8, 4) is 11.4 Å². The largest absolute Gasteiger partial charge is 0.491 e. The van der Waals surface area contributed by atoms with E-state index >= 15 is 0 Å². The molecule has 1 aromatic carbocycles. The fourth-order valence-corrected chi connectivity index (χ4v) is 1.87. The number of nitrogens with one attached hydrogen (secondary N) is 1. The summed E-state index contributed by atoms with van der Waals surface area (Å²) in [4.78, 5) is 18.1. The van der Waals surface area contributed by atoms with Crippen molar-refractivity contribution in [1.29, 1.82) is 0 Å². The van der Waals surface area contributed by atoms with Crippen molar-refractivity contribution in [3.63, 3.8) is 0 Å². The van der Waals surface area contributed by atoms with Crippen LogP contribution < -0.4 is 10.3 Å². The van der Waals surface area contributed by atoms with E-state index < -0.39 is 0 Å². The minimum Gasteiger partial charge on any atom is -0.491 e. The summed E-state index contributed by atoms with van der Waals surface area (Å²) in [5, 5.41) is 7.80. The number of hydrogen-bond acceptors (Lipinski definition) is 5. The first-order valence-corrected chi connectivity index (χ1v) is 6.21. The molecule has 20 heavy (non-hydrogen) atoms. The first-order valence-electron chi connectivity index (χ1n) is 6.21. The molecule has 0 saturated heterocycles. The fourth-order valence-electron chi connectivity index (χ4n) is 1.87. The highest BCUT2D eigenvalue weighted by atomic mass is 16.5. The molecule has 3 aromatic rings. The van der Waals surface area contributed by atoms with Crippen LogP contribution in [-0.2, 0) is 0 Å². The second-order valence-electron chi connectivity index (χ2n) is 4.57. The molecule has 0 saturated carbocycles. The summed E-state index contributed by atoms with van der Waals surface area (Å²) in [5.41, 5.74) is 1.10. The molecule has 1 N–H and O–H groups in total. The molecule has 2 heterocycles. The molecular formula is C13H13N5O2. The van der Waals surface area contributed by atoms with Crippen LogP contribution in [-0.4, -0.2) is 31.1 Å². The Bertz CT molecular complexity index is 788. The summed E-state index contributed by atoms with van der Waals surface area (Å²) in [7, 11) is 0. The topological polar surface area (TPSA) is 85.7 Å². The van der Waals surface area contributed by atoms with Crippen LogP contribution in [0.25, 0.3) is 16.9 Å². The predicted octanol–water partition coefficient (Wildman–Crippen LogP) is 1.29. The zero-order chi connectivity index (χ0) is 14.1. The summed E-state index contributed by atoms with van der Waals surface area (Å²) in [6.45, 7) is 3.93. The number of H-pyrrole nitrogens is 1. The maximum Gasteiger partial charge on any atom is 0.280 e. The first-order chi connectivity index (χ1) is 9.65. The van der Waals surface area contributed by atoms with E-state index in [1.165, 1.54) is 11.0 Å². The van der Waals surface area contributed by atoms with Gasteiger partial charge in [0.2, 0.25) is 0 Å². The molecule has 3 rings (SSSR count). The minimum atomic E-state index is -0.305. The summed E-state index contributed by atoms with van der Waals surface area (Å²) in [6.07, 6.45) is 1.45. The Kier molecular flexibility index (Phi) is 2.94. The minimum absolute atomic E-state index is 0.119. The smallest absolute Gasteiger partial charge is 0.280 e. The molecule has 0 unspecified atom stereocenters. The molecule has 102 valence electrons. The number of fused-ring (bicyclic) bond motifs is 1. The van der Waals surface area contributed by atoms with Crippen molar-refractivity contribution in [2.24, 2.45) is 0 Å². The van der Waals surface area contributed by atoms with Gasteiger partial charge in [-0.2, -0.15) is 4.68 Å². The van der Waals surface area contributed by atoms with Crippen LogP contribution in [0.4, 0.5) is 0 Å². The normalized spacial score (nSPS) is 11.2. The van der Waals surface area contributed by atoms with E-state index in [4.69, 9.17) is 4.74 Å². The van der Waals surface area contributed by atoms with Crippen molar-refractivity contribution in [2.75, 3.05) is 0 Å². The number of aromatic nitrogens is 5. The van der Waals surface area contributed by atoms with Crippen LogP contribution in [0, 0.1) is 0 Å². The van der Waals surface area contributed by atoms with Crippen LogP contribution >= 0.6 is 0 Å². The Hall–Kier alpha value is -2.70. The summed E-state index contributed by atoms with van der Waals surface area (Å²) in [5.74, 6) is 0.777. The van der Waals surface area contributed by atoms with Gasteiger partial charge in [-0.3, -0.25) is 4.79 Å². The monoisotopic (exact) mass is 271 g/mol. The third-order valence-corrected chi connectivity index (χ3v) is 2.70. The highest BCUT2D eigenvalue weighted by Gasteiger charge is 2.10. The molecule has 7 nitrogen and oxygen atoms in total. The average molecular weight is 271 g/mol. The van der Waals surface area contributed by atoms with Crippen molar-refractivity contribution >= 4 is 11.2 Å². The lowest BCUT2D eigenvalue weighted by molar-refractivity contribution is 0.242. The molecule has 0 radical (unpaired) electrons. The van der Waals surface area contributed by atoms with Crippen LogP contribution in [0.15, 0.2) is 35.4 Å². The SMILES string of the molecule is CC(C)Oc1ccc(-n2nnc3c(=O)[nH]cnc32)cc1. The molecule has 0 aliphatic heterocycles. The third kappa shape index (κ3) is 2.13. The zero-order valence-corrected chi connectivity index (χ0v) is 11.1. The van der Waals surface area contributed by atoms with E-state index in [-0.39, 0.29) is 17.2 Å². The van der Waals surface area contributed by atoms with E-state index in [1.54, 1.807) is 0 Å². The van der Waals surface area contributed by atoms with Gasteiger partial charge in [0.25, 0.3) is 5.56 Å². The molecule has 7 heteroatoms. The molecule has 2 aromatic heterocycles. The molecule has 0 atom stereocenters. The van der Waals surface area contributed by atoms with Crippen LogP contribution in [0.3, 0.4) is 0 Å². The van der Waals surface area contributed by atoms with Gasteiger partial charge in [0.05, 0.1) is 18.1 Å². The maximum absolute atomic E-state index is 11.6. The lowest BCUT2D eigenvalue weighted by atomic mass is 10.3. The number of ether oxygens (including phenoxy) is 1. The van der Waals surface area contributed by atoms with E-state index in [0.717, 1.165) is 11.4 Å². The highest BCUT2D eigenvalue weighted by Crippen LogP contribution is 2.17. The Morgan fingerprint density at radius 2 is 2.00 bits per heavy atom. The molecule has 0 amide bonds. The van der Waals surface area contributed by atoms with Crippen LogP contribution in [0.5, 0.6) is 5.75 Å². The first kappa shape index (κ1) is 12.3. The molecule has 0 aliphatic rings. The molecule has 0 bridgehead atoms. The Balaban J connectivity index is 2.03. The van der Waals surface area contributed by atoms with Gasteiger partial charge in [0.1, 0.15) is 5.75 Å². The lowest BCUT2D eigenvalue weighted by Crippen LogP contribution is -2.07. The molecule has 0 aliphatic carbocycles. The molecule has 0 fully saturated rings.